The standard InChI is InChI=1S/C21H19ClN2O5S/c1-30-11-10-17(23-18(25)15-8-4-5-9-16(15)22)21(28)29-12-24-19(26)13-6-2-3-7-14(13)20(24)27/h2-9,17H,10-12H2,1H3,(H,23,25). The Hall–Kier alpha value is -2.84. The number of esters is 1. The Morgan fingerprint density at radius 2 is 1.67 bits per heavy atom. The molecule has 30 heavy (non-hydrogen) atoms. The van der Waals surface area contributed by atoms with Gasteiger partial charge in [-0.2, -0.15) is 11.8 Å². The summed E-state index contributed by atoms with van der Waals surface area (Å²) in [5.41, 5.74) is 0.774. The average Bonchev–Trinajstić information content (AvgIpc) is 2.99. The average molecular weight is 447 g/mol. The third-order valence-electron chi connectivity index (χ3n) is 4.53. The monoisotopic (exact) mass is 446 g/mol. The van der Waals surface area contributed by atoms with Crippen LogP contribution < -0.4 is 5.32 Å². The van der Waals surface area contributed by atoms with Crippen molar-refractivity contribution in [2.75, 3.05) is 18.7 Å². The molecule has 2 aromatic carbocycles. The van der Waals surface area contributed by atoms with Crippen molar-refractivity contribution in [3.63, 3.8) is 0 Å². The first kappa shape index (κ1) is 21.9. The number of carbonyl (C=O) groups excluding carboxylic acids is 4. The lowest BCUT2D eigenvalue weighted by Gasteiger charge is -2.20. The van der Waals surface area contributed by atoms with E-state index in [1.54, 1.807) is 48.5 Å². The van der Waals surface area contributed by atoms with Crippen LogP contribution in [0.1, 0.15) is 37.5 Å². The van der Waals surface area contributed by atoms with E-state index in [9.17, 15) is 19.2 Å². The summed E-state index contributed by atoms with van der Waals surface area (Å²) in [4.78, 5) is 50.8. The lowest BCUT2D eigenvalue weighted by Crippen LogP contribution is -2.44. The van der Waals surface area contributed by atoms with Crippen LogP contribution in [0, 0.1) is 0 Å². The highest BCUT2D eigenvalue weighted by molar-refractivity contribution is 7.98. The van der Waals surface area contributed by atoms with Gasteiger partial charge in [0.05, 0.1) is 21.7 Å². The van der Waals surface area contributed by atoms with Crippen molar-refractivity contribution in [2.24, 2.45) is 0 Å². The molecule has 0 spiro atoms. The van der Waals surface area contributed by atoms with Crippen molar-refractivity contribution in [3.8, 4) is 0 Å². The largest absolute Gasteiger partial charge is 0.442 e. The summed E-state index contributed by atoms with van der Waals surface area (Å²) >= 11 is 7.55. The van der Waals surface area contributed by atoms with E-state index in [0.717, 1.165) is 4.90 Å². The first-order valence-electron chi connectivity index (χ1n) is 9.10. The molecule has 1 aliphatic heterocycles. The van der Waals surface area contributed by atoms with Crippen molar-refractivity contribution in [3.05, 3.63) is 70.2 Å². The van der Waals surface area contributed by atoms with E-state index in [1.165, 1.54) is 11.8 Å². The Bertz CT molecular complexity index is 962. The van der Waals surface area contributed by atoms with E-state index in [1.807, 2.05) is 6.26 Å². The number of fused-ring (bicyclic) bond motifs is 1. The number of benzene rings is 2. The number of hydrogen-bond acceptors (Lipinski definition) is 6. The summed E-state index contributed by atoms with van der Waals surface area (Å²) in [6, 6.07) is 11.9. The van der Waals surface area contributed by atoms with Gasteiger partial charge in [-0.3, -0.25) is 14.4 Å². The van der Waals surface area contributed by atoms with Crippen LogP contribution in [0.2, 0.25) is 5.02 Å². The fourth-order valence-corrected chi connectivity index (χ4v) is 3.64. The van der Waals surface area contributed by atoms with E-state index < -0.39 is 36.5 Å². The van der Waals surface area contributed by atoms with Crippen LogP contribution in [0.3, 0.4) is 0 Å². The van der Waals surface area contributed by atoms with Gasteiger partial charge in [-0.15, -0.1) is 0 Å². The minimum atomic E-state index is -0.948. The molecular formula is C21H19ClN2O5S. The van der Waals surface area contributed by atoms with Crippen LogP contribution >= 0.6 is 23.4 Å². The molecule has 0 radical (unpaired) electrons. The van der Waals surface area contributed by atoms with Crippen LogP contribution in [-0.2, 0) is 9.53 Å². The molecular weight excluding hydrogens is 428 g/mol. The molecule has 0 saturated carbocycles. The highest BCUT2D eigenvalue weighted by Gasteiger charge is 2.36. The molecule has 2 aromatic rings. The Morgan fingerprint density at radius 1 is 1.07 bits per heavy atom. The summed E-state index contributed by atoms with van der Waals surface area (Å²) < 4.78 is 5.21. The van der Waals surface area contributed by atoms with Gasteiger partial charge in [0, 0.05) is 0 Å². The van der Waals surface area contributed by atoms with E-state index in [0.29, 0.717) is 12.2 Å². The molecule has 1 heterocycles. The first-order valence-corrected chi connectivity index (χ1v) is 10.9. The maximum Gasteiger partial charge on any atom is 0.330 e. The zero-order chi connectivity index (χ0) is 21.7. The van der Waals surface area contributed by atoms with Gasteiger partial charge in [0.25, 0.3) is 17.7 Å². The third kappa shape index (κ3) is 4.66. The zero-order valence-electron chi connectivity index (χ0n) is 16.1. The number of imide groups is 1. The Morgan fingerprint density at radius 3 is 2.27 bits per heavy atom. The summed E-state index contributed by atoms with van der Waals surface area (Å²) in [7, 11) is 0. The summed E-state index contributed by atoms with van der Waals surface area (Å²) in [6.07, 6.45) is 2.19. The first-order chi connectivity index (χ1) is 14.4. The van der Waals surface area contributed by atoms with Crippen molar-refractivity contribution in [2.45, 2.75) is 12.5 Å². The van der Waals surface area contributed by atoms with Gasteiger partial charge < -0.3 is 10.1 Å². The molecule has 0 aromatic heterocycles. The molecule has 3 amide bonds. The Balaban J connectivity index is 1.66. The van der Waals surface area contributed by atoms with Crippen molar-refractivity contribution in [1.29, 1.82) is 0 Å². The van der Waals surface area contributed by atoms with E-state index in [-0.39, 0.29) is 21.7 Å². The zero-order valence-corrected chi connectivity index (χ0v) is 17.7. The normalized spacial score (nSPS) is 13.7. The molecule has 156 valence electrons. The molecule has 0 saturated heterocycles. The van der Waals surface area contributed by atoms with Gasteiger partial charge in [0.2, 0.25) is 0 Å². The second-order valence-corrected chi connectivity index (χ2v) is 7.86. The van der Waals surface area contributed by atoms with Crippen LogP contribution in [-0.4, -0.2) is 53.4 Å². The lowest BCUT2D eigenvalue weighted by molar-refractivity contribution is -0.148. The molecule has 0 aliphatic carbocycles. The van der Waals surface area contributed by atoms with Crippen LogP contribution in [0.15, 0.2) is 48.5 Å². The van der Waals surface area contributed by atoms with E-state index in [4.69, 9.17) is 16.3 Å². The number of rotatable bonds is 8. The molecule has 7 nitrogen and oxygen atoms in total. The fourth-order valence-electron chi connectivity index (χ4n) is 2.95. The van der Waals surface area contributed by atoms with Crippen molar-refractivity contribution < 1.29 is 23.9 Å². The van der Waals surface area contributed by atoms with Gasteiger partial charge in [-0.05, 0) is 42.7 Å². The Labute approximate surface area is 182 Å². The second-order valence-electron chi connectivity index (χ2n) is 6.46. The quantitative estimate of drug-likeness (QED) is 0.495. The summed E-state index contributed by atoms with van der Waals surface area (Å²) in [5, 5.41) is 2.89. The number of amides is 3. The molecule has 0 fully saturated rings. The fraction of sp³-hybridized carbons (Fsp3) is 0.238. The number of nitrogens with one attached hydrogen (secondary N) is 1. The molecule has 1 N–H and O–H groups in total. The number of ether oxygens (including phenoxy) is 1. The predicted octanol–water partition coefficient (Wildman–Crippen LogP) is 2.99. The van der Waals surface area contributed by atoms with Crippen molar-refractivity contribution in [1.82, 2.24) is 10.2 Å². The van der Waals surface area contributed by atoms with E-state index in [2.05, 4.69) is 5.32 Å². The summed E-state index contributed by atoms with van der Waals surface area (Å²) in [6.45, 7) is -0.525. The molecule has 1 aliphatic rings. The maximum absolute atomic E-state index is 12.6. The molecule has 0 bridgehead atoms. The second kappa shape index (κ2) is 9.77. The number of nitrogens with zero attached hydrogens (tertiary/aromatic N) is 1. The topological polar surface area (TPSA) is 92.8 Å². The smallest absolute Gasteiger partial charge is 0.330 e. The third-order valence-corrected chi connectivity index (χ3v) is 5.51. The molecule has 3 rings (SSSR count). The van der Waals surface area contributed by atoms with Gasteiger partial charge in [-0.25, -0.2) is 9.69 Å². The molecule has 1 unspecified atom stereocenters. The number of thioether (sulfide) groups is 1. The highest BCUT2D eigenvalue weighted by atomic mass is 35.5. The van der Waals surface area contributed by atoms with Crippen LogP contribution in [0.4, 0.5) is 0 Å². The van der Waals surface area contributed by atoms with Crippen LogP contribution in [0.5, 0.6) is 0 Å². The molecule has 9 heteroatoms. The maximum atomic E-state index is 12.6. The van der Waals surface area contributed by atoms with Crippen LogP contribution in [0.25, 0.3) is 0 Å². The number of hydrogen-bond donors (Lipinski definition) is 1. The summed E-state index contributed by atoms with van der Waals surface area (Å²) in [5.74, 6) is -1.70. The Kier molecular flexibility index (Phi) is 7.12. The SMILES string of the molecule is CSCCC(NC(=O)c1ccccc1Cl)C(=O)OCN1C(=O)c2ccccc2C1=O. The van der Waals surface area contributed by atoms with Gasteiger partial charge in [-0.1, -0.05) is 35.9 Å². The number of halogens is 1. The van der Waals surface area contributed by atoms with Gasteiger partial charge >= 0.3 is 5.97 Å². The lowest BCUT2D eigenvalue weighted by atomic mass is 10.1. The number of carbonyl (C=O) groups is 4. The van der Waals surface area contributed by atoms with Gasteiger partial charge in [0.1, 0.15) is 6.04 Å². The predicted molar refractivity (Wildman–Crippen MR) is 114 cm³/mol. The minimum Gasteiger partial charge on any atom is -0.442 e. The highest BCUT2D eigenvalue weighted by Crippen LogP contribution is 2.22. The van der Waals surface area contributed by atoms with Crippen molar-refractivity contribution >= 4 is 47.1 Å². The minimum absolute atomic E-state index is 0.237. The molecule has 1 atom stereocenters. The van der Waals surface area contributed by atoms with Gasteiger partial charge in [0.15, 0.2) is 6.73 Å². The van der Waals surface area contributed by atoms with E-state index >= 15 is 0 Å².